The summed E-state index contributed by atoms with van der Waals surface area (Å²) in [6.07, 6.45) is 77.4. The fourth-order valence-corrected chi connectivity index (χ4v) is 8.10. The molecule has 5 heteroatoms. The summed E-state index contributed by atoms with van der Waals surface area (Å²) < 4.78 is 17.5. The Morgan fingerprint density at radius 1 is 0.338 bits per heavy atom. The number of carbonyl (C=O) groups is 2. The van der Waals surface area contributed by atoms with Crippen LogP contribution < -0.4 is 0 Å². The molecular weight excluding hydrogens is 837 g/mol. The van der Waals surface area contributed by atoms with Gasteiger partial charge >= 0.3 is 11.9 Å². The SMILES string of the molecule is CC/C=C\C/C=C\C/C=C\C/C=C\C/C=C\CCCCCC(=O)OCC(COCCCCCCCCCCCCCCCCCC)OC(=O)CCCCCCCCC/C=C\C/C=C\CCCCC. The van der Waals surface area contributed by atoms with Gasteiger partial charge in [0.1, 0.15) is 6.61 Å². The molecule has 0 aromatic carbocycles. The number of carbonyl (C=O) groups excluding carboxylic acids is 2. The van der Waals surface area contributed by atoms with Crippen molar-refractivity contribution in [2.45, 2.75) is 284 Å². The van der Waals surface area contributed by atoms with Gasteiger partial charge in [-0.2, -0.15) is 0 Å². The Morgan fingerprint density at radius 3 is 1.10 bits per heavy atom. The maximum Gasteiger partial charge on any atom is 0.306 e. The van der Waals surface area contributed by atoms with Gasteiger partial charge in [0.05, 0.1) is 6.61 Å². The molecule has 0 saturated carbocycles. The molecule has 0 heterocycles. The van der Waals surface area contributed by atoms with Crippen LogP contribution in [0.1, 0.15) is 278 Å². The minimum Gasteiger partial charge on any atom is -0.462 e. The highest BCUT2D eigenvalue weighted by Crippen LogP contribution is 2.15. The van der Waals surface area contributed by atoms with Gasteiger partial charge in [-0.05, 0) is 96.3 Å². The monoisotopic (exact) mass is 947 g/mol. The Hall–Kier alpha value is -2.92. The van der Waals surface area contributed by atoms with E-state index in [1.165, 1.54) is 148 Å². The molecule has 0 aliphatic rings. The second-order valence-electron chi connectivity index (χ2n) is 19.2. The Balaban J connectivity index is 4.34. The lowest BCUT2D eigenvalue weighted by Gasteiger charge is -2.18. The first-order valence-electron chi connectivity index (χ1n) is 29.1. The molecule has 5 nitrogen and oxygen atoms in total. The van der Waals surface area contributed by atoms with E-state index in [0.717, 1.165) is 96.3 Å². The fourth-order valence-electron chi connectivity index (χ4n) is 8.10. The van der Waals surface area contributed by atoms with Crippen LogP contribution in [0.4, 0.5) is 0 Å². The van der Waals surface area contributed by atoms with Crippen LogP contribution in [-0.2, 0) is 23.8 Å². The average molecular weight is 948 g/mol. The number of esters is 2. The van der Waals surface area contributed by atoms with Crippen molar-refractivity contribution in [1.82, 2.24) is 0 Å². The van der Waals surface area contributed by atoms with Crippen molar-refractivity contribution in [3.05, 3.63) is 85.1 Å². The molecule has 0 bridgehead atoms. The topological polar surface area (TPSA) is 61.8 Å². The molecule has 392 valence electrons. The number of unbranched alkanes of at least 4 members (excludes halogenated alkanes) is 28. The highest BCUT2D eigenvalue weighted by Gasteiger charge is 2.17. The van der Waals surface area contributed by atoms with Gasteiger partial charge in [-0.25, -0.2) is 0 Å². The van der Waals surface area contributed by atoms with Gasteiger partial charge in [0.2, 0.25) is 0 Å². The third kappa shape index (κ3) is 55.7. The number of allylic oxidation sites excluding steroid dienone is 14. The molecule has 0 radical (unpaired) electrons. The fraction of sp³-hybridized carbons (Fsp3) is 0.746. The van der Waals surface area contributed by atoms with E-state index in [9.17, 15) is 9.59 Å². The minimum absolute atomic E-state index is 0.0640. The molecule has 0 fully saturated rings. The van der Waals surface area contributed by atoms with Gasteiger partial charge in [0, 0.05) is 19.4 Å². The summed E-state index contributed by atoms with van der Waals surface area (Å²) in [5.74, 6) is -0.435. The molecule has 0 amide bonds. The van der Waals surface area contributed by atoms with Crippen LogP contribution in [0.5, 0.6) is 0 Å². The Kier molecular flexibility index (Phi) is 55.9. The van der Waals surface area contributed by atoms with E-state index in [0.29, 0.717) is 19.4 Å². The van der Waals surface area contributed by atoms with E-state index in [1.54, 1.807) is 0 Å². The third-order valence-electron chi connectivity index (χ3n) is 12.4. The van der Waals surface area contributed by atoms with Crippen molar-refractivity contribution in [3.63, 3.8) is 0 Å². The van der Waals surface area contributed by atoms with E-state index in [-0.39, 0.29) is 25.2 Å². The minimum atomic E-state index is -0.557. The highest BCUT2D eigenvalue weighted by atomic mass is 16.6. The average Bonchev–Trinajstić information content (AvgIpc) is 3.34. The van der Waals surface area contributed by atoms with Crippen LogP contribution in [0.3, 0.4) is 0 Å². The molecule has 1 atom stereocenters. The normalized spacial score (nSPS) is 12.8. The van der Waals surface area contributed by atoms with Crippen LogP contribution in [0.15, 0.2) is 85.1 Å². The summed E-state index contributed by atoms with van der Waals surface area (Å²) in [5, 5.41) is 0. The van der Waals surface area contributed by atoms with Crippen molar-refractivity contribution < 1.29 is 23.8 Å². The van der Waals surface area contributed by atoms with Gasteiger partial charge < -0.3 is 14.2 Å². The predicted molar refractivity (Wildman–Crippen MR) is 297 cm³/mol. The Morgan fingerprint density at radius 2 is 0.662 bits per heavy atom. The molecule has 1 unspecified atom stereocenters. The lowest BCUT2D eigenvalue weighted by molar-refractivity contribution is -0.163. The predicted octanol–water partition coefficient (Wildman–Crippen LogP) is 20.0. The summed E-state index contributed by atoms with van der Waals surface area (Å²) in [6.45, 7) is 7.68. The van der Waals surface area contributed by atoms with E-state index in [2.05, 4.69) is 106 Å². The van der Waals surface area contributed by atoms with Crippen LogP contribution in [0.25, 0.3) is 0 Å². The first kappa shape index (κ1) is 65.1. The molecule has 0 aromatic rings. The Bertz CT molecular complexity index is 1250. The van der Waals surface area contributed by atoms with Crippen molar-refractivity contribution >= 4 is 11.9 Å². The van der Waals surface area contributed by atoms with Crippen molar-refractivity contribution in [2.24, 2.45) is 0 Å². The van der Waals surface area contributed by atoms with E-state index in [4.69, 9.17) is 14.2 Å². The van der Waals surface area contributed by atoms with Gasteiger partial charge in [0.25, 0.3) is 0 Å². The Labute approximate surface area is 422 Å². The summed E-state index contributed by atoms with van der Waals surface area (Å²) >= 11 is 0. The third-order valence-corrected chi connectivity index (χ3v) is 12.4. The maximum absolute atomic E-state index is 12.9. The lowest BCUT2D eigenvalue weighted by atomic mass is 10.0. The standard InChI is InChI=1S/C63H110O5/c1-4-7-10-13-16-19-22-25-28-31-32-34-35-38-41-44-47-50-53-56-62(64)67-60-61(59-66-58-55-52-49-46-43-40-37-30-27-24-21-18-15-12-9-6-3)68-63(65)57-54-51-48-45-42-39-36-33-29-26-23-20-17-14-11-8-5-2/h7,10,16-17,19-20,25-26,28-29,32,34,38,41,61H,4-6,8-9,11-15,18,21-24,27,30-31,33,35-37,39-40,42-60H2,1-3H3/b10-7-,19-16-,20-17-,28-25-,29-26-,34-32-,41-38-. The molecule has 0 rings (SSSR count). The van der Waals surface area contributed by atoms with Crippen LogP contribution in [0.2, 0.25) is 0 Å². The zero-order valence-corrected chi connectivity index (χ0v) is 45.1. The first-order chi connectivity index (χ1) is 33.6. The number of hydrogen-bond acceptors (Lipinski definition) is 5. The molecule has 0 spiro atoms. The van der Waals surface area contributed by atoms with Crippen molar-refractivity contribution in [2.75, 3.05) is 19.8 Å². The molecule has 0 saturated heterocycles. The number of rotatable bonds is 53. The summed E-state index contributed by atoms with van der Waals surface area (Å²) in [5.41, 5.74) is 0. The van der Waals surface area contributed by atoms with Crippen LogP contribution in [-0.4, -0.2) is 37.9 Å². The zero-order chi connectivity index (χ0) is 49.2. The van der Waals surface area contributed by atoms with Crippen molar-refractivity contribution in [1.29, 1.82) is 0 Å². The molecule has 0 aliphatic carbocycles. The highest BCUT2D eigenvalue weighted by molar-refractivity contribution is 5.70. The van der Waals surface area contributed by atoms with Gasteiger partial charge in [-0.1, -0.05) is 254 Å². The second-order valence-corrected chi connectivity index (χ2v) is 19.2. The van der Waals surface area contributed by atoms with Gasteiger partial charge in [-0.3, -0.25) is 9.59 Å². The molecular formula is C63H110O5. The molecule has 0 aromatic heterocycles. The quantitative estimate of drug-likeness (QED) is 0.0345. The molecule has 68 heavy (non-hydrogen) atoms. The van der Waals surface area contributed by atoms with Crippen LogP contribution in [0, 0.1) is 0 Å². The number of ether oxygens (including phenoxy) is 3. The second kappa shape index (κ2) is 58.4. The van der Waals surface area contributed by atoms with Gasteiger partial charge in [-0.15, -0.1) is 0 Å². The van der Waals surface area contributed by atoms with E-state index >= 15 is 0 Å². The zero-order valence-electron chi connectivity index (χ0n) is 45.1. The number of hydrogen-bond donors (Lipinski definition) is 0. The summed E-state index contributed by atoms with van der Waals surface area (Å²) in [4.78, 5) is 25.5. The van der Waals surface area contributed by atoms with Crippen molar-refractivity contribution in [3.8, 4) is 0 Å². The van der Waals surface area contributed by atoms with E-state index in [1.807, 2.05) is 0 Å². The largest absolute Gasteiger partial charge is 0.462 e. The first-order valence-corrected chi connectivity index (χ1v) is 29.1. The van der Waals surface area contributed by atoms with E-state index < -0.39 is 6.10 Å². The lowest BCUT2D eigenvalue weighted by Crippen LogP contribution is -2.30. The summed E-state index contributed by atoms with van der Waals surface area (Å²) in [7, 11) is 0. The molecule has 0 N–H and O–H groups in total. The molecule has 0 aliphatic heterocycles. The smallest absolute Gasteiger partial charge is 0.306 e. The maximum atomic E-state index is 12.9. The summed E-state index contributed by atoms with van der Waals surface area (Å²) in [6, 6.07) is 0. The van der Waals surface area contributed by atoms with Gasteiger partial charge in [0.15, 0.2) is 6.10 Å². The van der Waals surface area contributed by atoms with Crippen LogP contribution >= 0.6 is 0 Å².